The second-order valence-corrected chi connectivity index (χ2v) is 11.2. The average Bonchev–Trinajstić information content (AvgIpc) is 2.62. The van der Waals surface area contributed by atoms with Gasteiger partial charge in [-0.25, -0.2) is 9.13 Å². The van der Waals surface area contributed by atoms with E-state index in [0.717, 1.165) is 36.8 Å². The molecule has 32 heavy (non-hydrogen) atoms. The molecular formula is C23H40O7P2. The van der Waals surface area contributed by atoms with Crippen molar-refractivity contribution in [1.29, 1.82) is 0 Å². The monoisotopic (exact) mass is 490 g/mol. The van der Waals surface area contributed by atoms with Crippen molar-refractivity contribution in [3.63, 3.8) is 0 Å². The van der Waals surface area contributed by atoms with Gasteiger partial charge >= 0.3 is 15.6 Å². The van der Waals surface area contributed by atoms with E-state index in [4.69, 9.17) is 4.52 Å². The van der Waals surface area contributed by atoms with Crippen LogP contribution in [0.5, 0.6) is 0 Å². The second-order valence-electron chi connectivity index (χ2n) is 8.19. The van der Waals surface area contributed by atoms with Gasteiger partial charge in [-0.3, -0.25) is 9.05 Å². The fraction of sp³-hybridized carbons (Fsp3) is 0.565. The minimum atomic E-state index is -4.87. The minimum absolute atomic E-state index is 0.311. The largest absolute Gasteiger partial charge is 0.481 e. The van der Waals surface area contributed by atoms with Gasteiger partial charge in [0, 0.05) is 0 Å². The number of phosphoric acid groups is 2. The zero-order valence-electron chi connectivity index (χ0n) is 20.2. The Balaban J connectivity index is 5.40. The van der Waals surface area contributed by atoms with E-state index in [9.17, 15) is 18.9 Å². The van der Waals surface area contributed by atoms with Crippen LogP contribution in [0.2, 0.25) is 0 Å². The van der Waals surface area contributed by atoms with Crippen LogP contribution in [0.4, 0.5) is 0 Å². The van der Waals surface area contributed by atoms with Gasteiger partial charge in [0.15, 0.2) is 0 Å². The van der Waals surface area contributed by atoms with E-state index in [1.54, 1.807) is 6.08 Å². The van der Waals surface area contributed by atoms with Crippen LogP contribution in [-0.4, -0.2) is 22.5 Å². The molecule has 0 aliphatic carbocycles. The Morgan fingerprint density at radius 2 is 1.41 bits per heavy atom. The third-order valence-corrected chi connectivity index (χ3v) is 6.85. The molecule has 3 unspecified atom stereocenters. The molecule has 0 aromatic rings. The molecule has 0 saturated heterocycles. The smallest absolute Gasteiger partial charge is 0.302 e. The summed E-state index contributed by atoms with van der Waals surface area (Å²) < 4.78 is 38.4. The molecular weight excluding hydrogens is 450 g/mol. The average molecular weight is 491 g/mol. The molecule has 0 radical (unpaired) electrons. The summed E-state index contributed by atoms with van der Waals surface area (Å²) >= 11 is 0. The van der Waals surface area contributed by atoms with E-state index in [1.807, 2.05) is 47.6 Å². The molecule has 0 bridgehead atoms. The number of phosphoric ester groups is 2. The van der Waals surface area contributed by atoms with Crippen molar-refractivity contribution in [3.05, 3.63) is 59.3 Å². The standard InChI is InChI=1S/C23H40O7P2/c1-8-17-28-31(24,25)30-32(26,27)29-23(18-22(7)14-10-12-20(4)5)16-15-21(6)13-9-11-19(2)3/h8,11-12,15,18,23H,1,9-10,13-14,16-17H2,2-7H3,(H,24,25)(H,26,27)/b21-15+,22-18+. The van der Waals surface area contributed by atoms with Gasteiger partial charge in [0.1, 0.15) is 0 Å². The summed E-state index contributed by atoms with van der Waals surface area (Å²) in [5.41, 5.74) is 4.55. The predicted octanol–water partition coefficient (Wildman–Crippen LogP) is 7.57. The minimum Gasteiger partial charge on any atom is -0.302 e. The van der Waals surface area contributed by atoms with E-state index in [2.05, 4.69) is 27.6 Å². The van der Waals surface area contributed by atoms with Gasteiger partial charge < -0.3 is 9.79 Å². The SMILES string of the molecule is C=CCOP(=O)(O)OP(=O)(O)OC(/C=C(\C)CCC=C(C)C)C/C=C(\C)CCC=C(C)C. The topological polar surface area (TPSA) is 102 Å². The second kappa shape index (κ2) is 15.7. The fourth-order valence-electron chi connectivity index (χ4n) is 2.63. The van der Waals surface area contributed by atoms with Crippen LogP contribution in [0.25, 0.3) is 0 Å². The quantitative estimate of drug-likeness (QED) is 0.170. The Morgan fingerprint density at radius 3 is 1.91 bits per heavy atom. The zero-order valence-corrected chi connectivity index (χ0v) is 22.0. The molecule has 2 N–H and O–H groups in total. The van der Waals surface area contributed by atoms with Crippen molar-refractivity contribution in [1.82, 2.24) is 0 Å². The highest BCUT2D eigenvalue weighted by molar-refractivity contribution is 7.61. The Labute approximate surface area is 193 Å². The summed E-state index contributed by atoms with van der Waals surface area (Å²) in [5, 5.41) is 0. The van der Waals surface area contributed by atoms with Crippen molar-refractivity contribution >= 4 is 15.6 Å². The molecule has 9 heteroatoms. The molecule has 3 atom stereocenters. The summed E-state index contributed by atoms with van der Waals surface area (Å²) in [4.78, 5) is 19.7. The van der Waals surface area contributed by atoms with Gasteiger partial charge in [-0.2, -0.15) is 4.31 Å². The van der Waals surface area contributed by atoms with E-state index in [0.29, 0.717) is 6.42 Å². The summed E-state index contributed by atoms with van der Waals surface area (Å²) in [6.07, 6.45) is 12.0. The molecule has 0 aromatic heterocycles. The van der Waals surface area contributed by atoms with Gasteiger partial charge in [0.25, 0.3) is 0 Å². The normalized spacial score (nSPS) is 17.1. The number of hydrogen-bond acceptors (Lipinski definition) is 5. The fourth-order valence-corrected chi connectivity index (χ4v) is 4.80. The third-order valence-electron chi connectivity index (χ3n) is 4.18. The van der Waals surface area contributed by atoms with Crippen LogP contribution in [-0.2, 0) is 22.5 Å². The molecule has 7 nitrogen and oxygen atoms in total. The van der Waals surface area contributed by atoms with Gasteiger partial charge in [-0.1, -0.05) is 52.7 Å². The maximum absolute atomic E-state index is 12.4. The summed E-state index contributed by atoms with van der Waals surface area (Å²) in [7, 11) is -9.64. The third kappa shape index (κ3) is 17.5. The van der Waals surface area contributed by atoms with Crippen molar-refractivity contribution < 1.29 is 32.3 Å². The van der Waals surface area contributed by atoms with E-state index in [-0.39, 0.29) is 6.61 Å². The lowest BCUT2D eigenvalue weighted by atomic mass is 10.0. The van der Waals surface area contributed by atoms with E-state index >= 15 is 0 Å². The zero-order chi connectivity index (χ0) is 24.8. The molecule has 0 spiro atoms. The lowest BCUT2D eigenvalue weighted by molar-refractivity contribution is 0.141. The maximum atomic E-state index is 12.4. The van der Waals surface area contributed by atoms with Crippen molar-refractivity contribution in [2.75, 3.05) is 6.61 Å². The molecule has 0 saturated carbocycles. The molecule has 0 aliphatic rings. The van der Waals surface area contributed by atoms with Crippen LogP contribution in [0.3, 0.4) is 0 Å². The summed E-state index contributed by atoms with van der Waals surface area (Å²) in [6, 6.07) is 0. The van der Waals surface area contributed by atoms with Gasteiger partial charge in [0.05, 0.1) is 12.7 Å². The maximum Gasteiger partial charge on any atom is 0.481 e. The van der Waals surface area contributed by atoms with Crippen LogP contribution in [0.15, 0.2) is 59.3 Å². The van der Waals surface area contributed by atoms with Crippen LogP contribution < -0.4 is 0 Å². The Kier molecular flexibility index (Phi) is 15.2. The van der Waals surface area contributed by atoms with Crippen LogP contribution in [0, 0.1) is 0 Å². The lowest BCUT2D eigenvalue weighted by Crippen LogP contribution is -2.10. The summed E-state index contributed by atoms with van der Waals surface area (Å²) in [6.45, 7) is 15.1. The van der Waals surface area contributed by atoms with Crippen molar-refractivity contribution in [3.8, 4) is 0 Å². The van der Waals surface area contributed by atoms with Crippen molar-refractivity contribution in [2.45, 2.75) is 79.8 Å². The molecule has 0 heterocycles. The highest BCUT2D eigenvalue weighted by Crippen LogP contribution is 2.61. The molecule has 0 amide bonds. The van der Waals surface area contributed by atoms with Gasteiger partial charge in [0.2, 0.25) is 0 Å². The highest BCUT2D eigenvalue weighted by Gasteiger charge is 2.36. The van der Waals surface area contributed by atoms with Gasteiger partial charge in [-0.05, 0) is 73.6 Å². The lowest BCUT2D eigenvalue weighted by Gasteiger charge is -2.20. The molecule has 0 aliphatic heterocycles. The van der Waals surface area contributed by atoms with E-state index in [1.165, 1.54) is 17.2 Å². The molecule has 0 fully saturated rings. The first kappa shape index (κ1) is 31.0. The molecule has 0 aromatic carbocycles. The first-order valence-electron chi connectivity index (χ1n) is 10.7. The van der Waals surface area contributed by atoms with E-state index < -0.39 is 21.7 Å². The Bertz CT molecular complexity index is 801. The first-order valence-corrected chi connectivity index (χ1v) is 13.7. The number of allylic oxidation sites excluding steroid dienone is 6. The first-order chi connectivity index (χ1) is 14.8. The Hall–Kier alpha value is -1.04. The Morgan fingerprint density at radius 1 is 0.875 bits per heavy atom. The van der Waals surface area contributed by atoms with Crippen molar-refractivity contribution in [2.24, 2.45) is 0 Å². The molecule has 184 valence electrons. The van der Waals surface area contributed by atoms with Crippen LogP contribution >= 0.6 is 15.6 Å². The highest BCUT2D eigenvalue weighted by atomic mass is 31.3. The number of rotatable bonds is 16. The van der Waals surface area contributed by atoms with Gasteiger partial charge in [-0.15, -0.1) is 6.58 Å². The summed E-state index contributed by atoms with van der Waals surface area (Å²) in [5.74, 6) is 0. The molecule has 0 rings (SSSR count). The number of hydrogen-bond donors (Lipinski definition) is 2. The van der Waals surface area contributed by atoms with Crippen LogP contribution in [0.1, 0.15) is 73.6 Å². The predicted molar refractivity (Wildman–Crippen MR) is 131 cm³/mol.